The van der Waals surface area contributed by atoms with Crippen LogP contribution in [0.15, 0.2) is 40.7 Å². The van der Waals surface area contributed by atoms with E-state index >= 15 is 0 Å². The van der Waals surface area contributed by atoms with Gasteiger partial charge in [-0.15, -0.1) is 11.3 Å². The van der Waals surface area contributed by atoms with Crippen LogP contribution in [0.25, 0.3) is 0 Å². The highest BCUT2D eigenvalue weighted by Crippen LogP contribution is 2.25. The molecule has 0 aliphatic heterocycles. The number of rotatable bonds is 5. The zero-order valence-electron chi connectivity index (χ0n) is 10.9. The highest BCUT2D eigenvalue weighted by atomic mass is 32.2. The number of pyridine rings is 1. The summed E-state index contributed by atoms with van der Waals surface area (Å²) in [7, 11) is -3.58. The van der Waals surface area contributed by atoms with E-state index in [0.29, 0.717) is 17.1 Å². The average molecular weight is 307 g/mol. The summed E-state index contributed by atoms with van der Waals surface area (Å²) in [6, 6.07) is 10.3. The molecule has 0 saturated heterocycles. The van der Waals surface area contributed by atoms with Gasteiger partial charge in [0.15, 0.2) is 0 Å². The molecule has 0 aliphatic rings. The summed E-state index contributed by atoms with van der Waals surface area (Å²) < 4.78 is 26.5. The summed E-state index contributed by atoms with van der Waals surface area (Å²) in [5, 5.41) is 8.79. The second kappa shape index (κ2) is 6.13. The minimum absolute atomic E-state index is 0.187. The summed E-state index contributed by atoms with van der Waals surface area (Å²) in [5.41, 5.74) is 0.690. The molecule has 0 amide bonds. The van der Waals surface area contributed by atoms with Crippen LogP contribution in [-0.4, -0.2) is 24.3 Å². The van der Waals surface area contributed by atoms with E-state index in [2.05, 4.69) is 4.98 Å². The third kappa shape index (κ3) is 3.04. The minimum atomic E-state index is -3.58. The first-order valence-corrected chi connectivity index (χ1v) is 8.23. The Morgan fingerprint density at radius 1 is 1.35 bits per heavy atom. The van der Waals surface area contributed by atoms with Crippen LogP contribution in [-0.2, 0) is 16.6 Å². The van der Waals surface area contributed by atoms with Crippen LogP contribution in [0.1, 0.15) is 17.5 Å². The van der Waals surface area contributed by atoms with Crippen LogP contribution >= 0.6 is 11.3 Å². The number of nitrogens with zero attached hydrogens (tertiary/aromatic N) is 3. The maximum absolute atomic E-state index is 12.5. The normalized spacial score (nSPS) is 11.4. The van der Waals surface area contributed by atoms with Gasteiger partial charge in [-0.1, -0.05) is 13.0 Å². The van der Waals surface area contributed by atoms with Gasteiger partial charge in [-0.25, -0.2) is 8.42 Å². The monoisotopic (exact) mass is 307 g/mol. The summed E-state index contributed by atoms with van der Waals surface area (Å²) in [6.07, 6.45) is 1.63. The van der Waals surface area contributed by atoms with Crippen molar-refractivity contribution in [2.75, 3.05) is 6.54 Å². The molecule has 0 unspecified atom stereocenters. The van der Waals surface area contributed by atoms with Crippen LogP contribution in [0.3, 0.4) is 0 Å². The van der Waals surface area contributed by atoms with Gasteiger partial charge in [0.25, 0.3) is 10.0 Å². The lowest BCUT2D eigenvalue weighted by Crippen LogP contribution is -2.30. The Morgan fingerprint density at radius 2 is 2.15 bits per heavy atom. The lowest BCUT2D eigenvalue weighted by Gasteiger charge is -2.18. The maximum atomic E-state index is 12.5. The first-order chi connectivity index (χ1) is 9.57. The Kier molecular flexibility index (Phi) is 4.49. The number of hydrogen-bond donors (Lipinski definition) is 0. The minimum Gasteiger partial charge on any atom is -0.260 e. The van der Waals surface area contributed by atoms with E-state index in [0.717, 1.165) is 11.3 Å². The first-order valence-electron chi connectivity index (χ1n) is 5.98. The zero-order valence-corrected chi connectivity index (χ0v) is 12.5. The summed E-state index contributed by atoms with van der Waals surface area (Å²) >= 11 is 0.983. The van der Waals surface area contributed by atoms with E-state index in [1.54, 1.807) is 25.3 Å². The SMILES string of the molecule is CCN(Cc1ccccn1)S(=O)(=O)c1ccc(C#N)s1. The second-order valence-corrected chi connectivity index (χ2v) is 7.23. The van der Waals surface area contributed by atoms with E-state index in [4.69, 9.17) is 5.26 Å². The van der Waals surface area contributed by atoms with Crippen LogP contribution in [0.4, 0.5) is 0 Å². The van der Waals surface area contributed by atoms with Crippen LogP contribution in [0.5, 0.6) is 0 Å². The summed E-state index contributed by atoms with van der Waals surface area (Å²) in [5.74, 6) is 0. The van der Waals surface area contributed by atoms with Gasteiger partial charge in [0, 0.05) is 12.7 Å². The molecule has 0 atom stereocenters. The fourth-order valence-corrected chi connectivity index (χ4v) is 4.36. The highest BCUT2D eigenvalue weighted by molar-refractivity contribution is 7.91. The second-order valence-electron chi connectivity index (χ2n) is 3.98. The van der Waals surface area contributed by atoms with Gasteiger partial charge >= 0.3 is 0 Å². The van der Waals surface area contributed by atoms with Crippen LogP contribution < -0.4 is 0 Å². The molecule has 0 aromatic carbocycles. The molecule has 2 rings (SSSR count). The smallest absolute Gasteiger partial charge is 0.252 e. The fourth-order valence-electron chi connectivity index (χ4n) is 1.69. The quantitative estimate of drug-likeness (QED) is 0.849. The van der Waals surface area contributed by atoms with Crippen molar-refractivity contribution in [3.8, 4) is 6.07 Å². The molecule has 5 nitrogen and oxygen atoms in total. The lowest BCUT2D eigenvalue weighted by atomic mass is 10.3. The molecule has 2 heterocycles. The summed E-state index contributed by atoms with van der Waals surface area (Å²) in [4.78, 5) is 4.53. The predicted octanol–water partition coefficient (Wildman–Crippen LogP) is 2.23. The van der Waals surface area contributed by atoms with Gasteiger partial charge in [0.1, 0.15) is 15.2 Å². The van der Waals surface area contributed by atoms with Gasteiger partial charge in [-0.3, -0.25) is 4.98 Å². The Hall–Kier alpha value is -1.75. The standard InChI is InChI=1S/C13H13N3O2S2/c1-2-16(10-11-5-3-4-8-15-11)20(17,18)13-7-6-12(9-14)19-13/h3-8H,2,10H2,1H3. The largest absolute Gasteiger partial charge is 0.260 e. The van der Waals surface area contributed by atoms with E-state index in [-0.39, 0.29) is 10.8 Å². The average Bonchev–Trinajstić information content (AvgIpc) is 2.95. The fraction of sp³-hybridized carbons (Fsp3) is 0.231. The zero-order chi connectivity index (χ0) is 14.6. The third-order valence-corrected chi connectivity index (χ3v) is 6.08. The van der Waals surface area contributed by atoms with Gasteiger partial charge in [-0.05, 0) is 24.3 Å². The first kappa shape index (κ1) is 14.7. The molecular weight excluding hydrogens is 294 g/mol. The van der Waals surface area contributed by atoms with Crippen LogP contribution in [0.2, 0.25) is 0 Å². The Balaban J connectivity index is 2.28. The molecule has 2 aromatic rings. The van der Waals surface area contributed by atoms with Crippen molar-refractivity contribution in [1.82, 2.24) is 9.29 Å². The van der Waals surface area contributed by atoms with Gasteiger partial charge < -0.3 is 0 Å². The van der Waals surface area contributed by atoms with E-state index in [1.165, 1.54) is 16.4 Å². The molecule has 0 N–H and O–H groups in total. The topological polar surface area (TPSA) is 74.1 Å². The number of thiophene rings is 1. The van der Waals surface area contributed by atoms with E-state index in [1.807, 2.05) is 12.1 Å². The van der Waals surface area contributed by atoms with Crippen molar-refractivity contribution in [2.45, 2.75) is 17.7 Å². The number of nitriles is 1. The van der Waals surface area contributed by atoms with Crippen molar-refractivity contribution < 1.29 is 8.42 Å². The summed E-state index contributed by atoms with van der Waals surface area (Å²) in [6.45, 7) is 2.34. The molecule has 0 radical (unpaired) electrons. The molecule has 0 spiro atoms. The van der Waals surface area contributed by atoms with Gasteiger partial charge in [0.2, 0.25) is 0 Å². The van der Waals surface area contributed by atoms with Crippen molar-refractivity contribution in [3.63, 3.8) is 0 Å². The number of aromatic nitrogens is 1. The van der Waals surface area contributed by atoms with Gasteiger partial charge in [0.05, 0.1) is 12.2 Å². The van der Waals surface area contributed by atoms with Crippen molar-refractivity contribution in [1.29, 1.82) is 5.26 Å². The molecular formula is C13H13N3O2S2. The van der Waals surface area contributed by atoms with Crippen molar-refractivity contribution >= 4 is 21.4 Å². The predicted molar refractivity (Wildman–Crippen MR) is 76.5 cm³/mol. The van der Waals surface area contributed by atoms with E-state index in [9.17, 15) is 8.42 Å². The Morgan fingerprint density at radius 3 is 2.70 bits per heavy atom. The molecule has 7 heteroatoms. The molecule has 20 heavy (non-hydrogen) atoms. The van der Waals surface area contributed by atoms with E-state index < -0.39 is 10.0 Å². The molecule has 0 bridgehead atoms. The highest BCUT2D eigenvalue weighted by Gasteiger charge is 2.25. The number of hydrogen-bond acceptors (Lipinski definition) is 5. The molecule has 2 aromatic heterocycles. The third-order valence-electron chi connectivity index (χ3n) is 2.70. The van der Waals surface area contributed by atoms with Crippen molar-refractivity contribution in [2.24, 2.45) is 0 Å². The molecule has 0 fully saturated rings. The Bertz CT molecular complexity index is 718. The number of sulfonamides is 1. The van der Waals surface area contributed by atoms with Crippen LogP contribution in [0, 0.1) is 11.3 Å². The maximum Gasteiger partial charge on any atom is 0.252 e. The van der Waals surface area contributed by atoms with Crippen molar-refractivity contribution in [3.05, 3.63) is 47.1 Å². The lowest BCUT2D eigenvalue weighted by molar-refractivity contribution is 0.420. The molecule has 0 saturated carbocycles. The molecule has 104 valence electrons. The van der Waals surface area contributed by atoms with Gasteiger partial charge in [-0.2, -0.15) is 9.57 Å². The Labute approximate surface area is 122 Å². The molecule has 0 aliphatic carbocycles.